The number of carbonyl (C=O) groups excluding carboxylic acids is 1. The highest BCUT2D eigenvalue weighted by molar-refractivity contribution is 6.45. The van der Waals surface area contributed by atoms with Crippen LogP contribution in [0.1, 0.15) is 53.9 Å². The Morgan fingerprint density at radius 2 is 1.80 bits per heavy atom. The van der Waals surface area contributed by atoms with Crippen LogP contribution in [0.4, 0.5) is 0 Å². The van der Waals surface area contributed by atoms with Gasteiger partial charge in [-0.3, -0.25) is 9.59 Å². The summed E-state index contributed by atoms with van der Waals surface area (Å²) in [6, 6.07) is 0. The molecule has 1 amide bonds. The number of carboxylic acid groups (broad SMARTS) is 1. The van der Waals surface area contributed by atoms with Crippen LogP contribution >= 0.6 is 0 Å². The van der Waals surface area contributed by atoms with E-state index in [1.165, 1.54) is 0 Å². The van der Waals surface area contributed by atoms with E-state index in [1.807, 2.05) is 27.7 Å². The molecule has 0 saturated carbocycles. The third-order valence-electron chi connectivity index (χ3n) is 5.97. The van der Waals surface area contributed by atoms with E-state index >= 15 is 0 Å². The normalized spacial score (nSPS) is 30.7. The summed E-state index contributed by atoms with van der Waals surface area (Å²) in [4.78, 5) is 25.2. The first-order chi connectivity index (χ1) is 11.4. The fraction of sp³-hybridized carbons (Fsp3) is 0.882. The largest absolute Gasteiger partial charge is 0.480 e. The number of aliphatic carboxylic acids is 1. The number of nitrogens with zero attached hydrogens (tertiary/aromatic N) is 1. The first kappa shape index (κ1) is 20.2. The van der Waals surface area contributed by atoms with Gasteiger partial charge in [0.1, 0.15) is 5.54 Å². The highest BCUT2D eigenvalue weighted by Crippen LogP contribution is 2.39. The van der Waals surface area contributed by atoms with Gasteiger partial charge in [-0.1, -0.05) is 13.3 Å². The molecule has 8 heteroatoms. The second-order valence-electron chi connectivity index (χ2n) is 8.29. The van der Waals surface area contributed by atoms with Crippen LogP contribution in [0, 0.1) is 5.92 Å². The van der Waals surface area contributed by atoms with Gasteiger partial charge in [0.2, 0.25) is 5.91 Å². The zero-order valence-corrected chi connectivity index (χ0v) is 16.0. The number of amides is 1. The van der Waals surface area contributed by atoms with Crippen LogP contribution in [0.5, 0.6) is 0 Å². The Bertz CT molecular complexity index is 523. The Labute approximate surface area is 150 Å². The summed E-state index contributed by atoms with van der Waals surface area (Å²) in [5.74, 6) is -1.35. The molecule has 0 aliphatic carbocycles. The number of hydrogen-bond donors (Lipinski definition) is 2. The van der Waals surface area contributed by atoms with Crippen molar-refractivity contribution >= 4 is 19.0 Å². The van der Waals surface area contributed by atoms with E-state index < -0.39 is 11.5 Å². The highest BCUT2D eigenvalue weighted by atomic mass is 16.7. The molecule has 2 rings (SSSR count). The Kier molecular flexibility index (Phi) is 5.57. The van der Waals surface area contributed by atoms with Gasteiger partial charge < -0.3 is 25.0 Å². The lowest BCUT2D eigenvalue weighted by Gasteiger charge is -2.32. The average Bonchev–Trinajstić information content (AvgIpc) is 2.93. The monoisotopic (exact) mass is 354 g/mol. The number of rotatable bonds is 6. The first-order valence-corrected chi connectivity index (χ1v) is 9.08. The summed E-state index contributed by atoms with van der Waals surface area (Å²) in [6.45, 7) is 10.3. The van der Waals surface area contributed by atoms with Gasteiger partial charge in [0.05, 0.1) is 11.2 Å². The van der Waals surface area contributed by atoms with Crippen LogP contribution in [0.3, 0.4) is 0 Å². The molecular weight excluding hydrogens is 323 g/mol. The molecule has 2 atom stereocenters. The number of nitrogens with two attached hydrogens (primary N) is 1. The average molecular weight is 354 g/mol. The van der Waals surface area contributed by atoms with Gasteiger partial charge in [0, 0.05) is 25.4 Å². The summed E-state index contributed by atoms with van der Waals surface area (Å²) in [5, 5.41) is 9.55. The second-order valence-corrected chi connectivity index (χ2v) is 8.29. The van der Waals surface area contributed by atoms with E-state index in [-0.39, 0.29) is 36.7 Å². The van der Waals surface area contributed by atoms with Crippen LogP contribution in [-0.4, -0.2) is 58.8 Å². The molecule has 0 aromatic rings. The van der Waals surface area contributed by atoms with Gasteiger partial charge >= 0.3 is 13.1 Å². The smallest absolute Gasteiger partial charge is 0.457 e. The van der Waals surface area contributed by atoms with Crippen molar-refractivity contribution in [1.29, 1.82) is 0 Å². The van der Waals surface area contributed by atoms with Crippen LogP contribution in [0.15, 0.2) is 0 Å². The molecule has 2 aliphatic rings. The number of likely N-dealkylation sites (tertiary alicyclic amines) is 1. The molecule has 0 aromatic carbocycles. The molecule has 7 nitrogen and oxygen atoms in total. The number of carbonyl (C=O) groups is 2. The molecule has 2 aliphatic heterocycles. The maximum absolute atomic E-state index is 11.9. The van der Waals surface area contributed by atoms with Crippen molar-refractivity contribution < 1.29 is 24.0 Å². The molecule has 0 bridgehead atoms. The van der Waals surface area contributed by atoms with Crippen LogP contribution in [-0.2, 0) is 18.9 Å². The maximum Gasteiger partial charge on any atom is 0.457 e. The molecule has 2 fully saturated rings. The molecular formula is C17H31BN2O5. The summed E-state index contributed by atoms with van der Waals surface area (Å²) in [7, 11) is -0.295. The SMILES string of the molecule is CCC(=O)N1C[C@H](CCCB2OC(C)(C)C(C)(C)O2)[C@](N)(C(=O)O)C1. The van der Waals surface area contributed by atoms with E-state index in [9.17, 15) is 14.7 Å². The quantitative estimate of drug-likeness (QED) is 0.701. The summed E-state index contributed by atoms with van der Waals surface area (Å²) >= 11 is 0. The fourth-order valence-corrected chi connectivity index (χ4v) is 3.56. The third kappa shape index (κ3) is 3.86. The molecule has 2 heterocycles. The van der Waals surface area contributed by atoms with E-state index in [4.69, 9.17) is 15.0 Å². The summed E-state index contributed by atoms with van der Waals surface area (Å²) < 4.78 is 11.9. The van der Waals surface area contributed by atoms with E-state index in [2.05, 4.69) is 0 Å². The summed E-state index contributed by atoms with van der Waals surface area (Å²) in [5.41, 5.74) is 4.05. The minimum Gasteiger partial charge on any atom is -0.480 e. The molecule has 2 saturated heterocycles. The minimum absolute atomic E-state index is 0.0514. The number of carboxylic acids is 1. The van der Waals surface area contributed by atoms with Gasteiger partial charge in [-0.15, -0.1) is 0 Å². The van der Waals surface area contributed by atoms with E-state index in [0.29, 0.717) is 25.7 Å². The zero-order chi connectivity index (χ0) is 19.0. The second kappa shape index (κ2) is 6.89. The molecule has 142 valence electrons. The predicted molar refractivity (Wildman–Crippen MR) is 95.0 cm³/mol. The lowest BCUT2D eigenvalue weighted by Crippen LogP contribution is -2.55. The summed E-state index contributed by atoms with van der Waals surface area (Å²) in [6.07, 6.45) is 2.40. The Morgan fingerprint density at radius 1 is 1.24 bits per heavy atom. The van der Waals surface area contributed by atoms with E-state index in [0.717, 1.165) is 6.42 Å². The number of hydrogen-bond acceptors (Lipinski definition) is 5. The molecule has 3 N–H and O–H groups in total. The topological polar surface area (TPSA) is 102 Å². The molecule has 0 unspecified atom stereocenters. The molecule has 0 radical (unpaired) electrons. The van der Waals surface area contributed by atoms with Crippen molar-refractivity contribution in [2.75, 3.05) is 13.1 Å². The standard InChI is InChI=1S/C17H31BN2O5/c1-6-13(21)20-10-12(17(19,11-20)14(22)23)8-7-9-18-24-15(2,3)16(4,5)25-18/h12H,6-11,19H2,1-5H3,(H,22,23)/t12-,17-/m0/s1. The lowest BCUT2D eigenvalue weighted by molar-refractivity contribution is -0.144. The van der Waals surface area contributed by atoms with Crippen molar-refractivity contribution in [3.63, 3.8) is 0 Å². The zero-order valence-electron chi connectivity index (χ0n) is 16.0. The van der Waals surface area contributed by atoms with Crippen LogP contribution in [0.2, 0.25) is 6.32 Å². The Hall–Kier alpha value is -1.12. The molecule has 25 heavy (non-hydrogen) atoms. The maximum atomic E-state index is 11.9. The molecule has 0 spiro atoms. The van der Waals surface area contributed by atoms with Gasteiger partial charge in [0.15, 0.2) is 0 Å². The van der Waals surface area contributed by atoms with Crippen molar-refractivity contribution in [2.45, 2.75) is 76.9 Å². The van der Waals surface area contributed by atoms with Crippen molar-refractivity contribution in [2.24, 2.45) is 11.7 Å². The van der Waals surface area contributed by atoms with Gasteiger partial charge in [0.25, 0.3) is 0 Å². The van der Waals surface area contributed by atoms with E-state index in [1.54, 1.807) is 11.8 Å². The fourth-order valence-electron chi connectivity index (χ4n) is 3.56. The minimum atomic E-state index is -1.37. The van der Waals surface area contributed by atoms with Gasteiger partial charge in [-0.2, -0.15) is 0 Å². The van der Waals surface area contributed by atoms with Crippen molar-refractivity contribution in [1.82, 2.24) is 4.90 Å². The van der Waals surface area contributed by atoms with Crippen molar-refractivity contribution in [3.05, 3.63) is 0 Å². The van der Waals surface area contributed by atoms with Crippen LogP contribution in [0.25, 0.3) is 0 Å². The van der Waals surface area contributed by atoms with Crippen molar-refractivity contribution in [3.8, 4) is 0 Å². The lowest BCUT2D eigenvalue weighted by atomic mass is 9.78. The predicted octanol–water partition coefficient (Wildman–Crippen LogP) is 1.51. The Balaban J connectivity index is 1.93. The molecule has 0 aromatic heterocycles. The Morgan fingerprint density at radius 3 is 2.28 bits per heavy atom. The van der Waals surface area contributed by atoms with Gasteiger partial charge in [-0.25, -0.2) is 0 Å². The third-order valence-corrected chi connectivity index (χ3v) is 5.97. The first-order valence-electron chi connectivity index (χ1n) is 9.08. The highest BCUT2D eigenvalue weighted by Gasteiger charge is 2.52. The van der Waals surface area contributed by atoms with Crippen LogP contribution < -0.4 is 5.73 Å². The van der Waals surface area contributed by atoms with Gasteiger partial charge in [-0.05, 0) is 40.4 Å².